The molecule has 0 aromatic rings. The third-order valence-corrected chi connectivity index (χ3v) is 4.83. The van der Waals surface area contributed by atoms with Crippen molar-refractivity contribution in [3.8, 4) is 0 Å². The molecule has 0 bridgehead atoms. The topological polar surface area (TPSA) is 74.6 Å². The van der Waals surface area contributed by atoms with Gasteiger partial charge in [0, 0.05) is 0 Å². The monoisotopic (exact) mass is 420 g/mol. The number of hydrogen-bond donors (Lipinski definition) is 2. The second-order valence-corrected chi connectivity index (χ2v) is 11.0. The van der Waals surface area contributed by atoms with Crippen LogP contribution < -0.4 is 0 Å². The van der Waals surface area contributed by atoms with Gasteiger partial charge in [0.25, 0.3) is 0 Å². The molecule has 0 aromatic heterocycles. The van der Waals surface area contributed by atoms with Crippen LogP contribution >= 0.6 is 34.8 Å². The van der Waals surface area contributed by atoms with Gasteiger partial charge in [-0.2, -0.15) is 8.42 Å². The zero-order valence-electron chi connectivity index (χ0n) is 14.1. The van der Waals surface area contributed by atoms with Crippen molar-refractivity contribution in [2.45, 2.75) is 84.5 Å². The van der Waals surface area contributed by atoms with E-state index in [2.05, 4.69) is 6.92 Å². The first-order valence-corrected chi connectivity index (χ1v) is 11.9. The minimum absolute atomic E-state index is 0.655. The maximum absolute atomic E-state index is 8.74. The molecule has 4 nitrogen and oxygen atoms in total. The molecule has 0 saturated heterocycles. The molecule has 0 fully saturated rings. The van der Waals surface area contributed by atoms with Crippen LogP contribution in [-0.2, 0) is 10.4 Å². The first-order chi connectivity index (χ1) is 10.5. The quantitative estimate of drug-likeness (QED) is 0.186. The molecule has 0 aliphatic heterocycles. The Labute approximate surface area is 174 Å². The summed E-state index contributed by atoms with van der Waals surface area (Å²) in [6.45, 7) is 2.27. The van der Waals surface area contributed by atoms with E-state index >= 15 is 0 Å². The molecular weight excluding hydrogens is 394 g/mol. The van der Waals surface area contributed by atoms with E-state index in [-0.39, 0.29) is 0 Å². The van der Waals surface area contributed by atoms with Gasteiger partial charge in [-0.1, -0.05) is 0 Å². The van der Waals surface area contributed by atoms with E-state index in [4.69, 9.17) is 52.3 Å². The van der Waals surface area contributed by atoms with E-state index in [1.165, 1.54) is 64.2 Å². The summed E-state index contributed by atoms with van der Waals surface area (Å²) in [5.41, 5.74) is 0. The fourth-order valence-electron chi connectivity index (χ4n) is 2.30. The van der Waals surface area contributed by atoms with Crippen molar-refractivity contribution in [1.82, 2.24) is 0 Å². The standard InChI is InChI=1S/C14H26Cl3.Na.H2O4S/c1-2-3-4-5-6-7-8-9-10-11-12-13-14(15,16)17;;1-5(2,3)4/h12H,2-11,13H2,1H3;;(H2,1,2,3,4). The van der Waals surface area contributed by atoms with Gasteiger partial charge >= 0.3 is 158 Å². The zero-order valence-corrected chi connectivity index (χ0v) is 19.2. The summed E-state index contributed by atoms with van der Waals surface area (Å²) in [6, 6.07) is 0. The van der Waals surface area contributed by atoms with Gasteiger partial charge in [-0.3, -0.25) is 9.11 Å². The molecule has 0 aliphatic carbocycles. The third kappa shape index (κ3) is 35.7. The van der Waals surface area contributed by atoms with E-state index < -0.39 is 14.2 Å². The Morgan fingerprint density at radius 3 is 1.61 bits per heavy atom. The molecule has 136 valence electrons. The van der Waals surface area contributed by atoms with Crippen molar-refractivity contribution < 1.29 is 17.5 Å². The molecule has 0 amide bonds. The van der Waals surface area contributed by atoms with Gasteiger partial charge in [0.2, 0.25) is 0 Å². The zero-order chi connectivity index (χ0) is 18.4. The van der Waals surface area contributed by atoms with Crippen molar-refractivity contribution in [3.63, 3.8) is 0 Å². The first-order valence-electron chi connectivity index (χ1n) is 8.22. The second kappa shape index (κ2) is 16.0. The number of hydrogen-bond acceptors (Lipinski definition) is 2. The molecule has 0 spiro atoms. The van der Waals surface area contributed by atoms with Gasteiger partial charge < -0.3 is 0 Å². The van der Waals surface area contributed by atoms with E-state index in [0.29, 0.717) is 3.17 Å². The van der Waals surface area contributed by atoms with Crippen LogP contribution in [0.5, 0.6) is 0 Å². The van der Waals surface area contributed by atoms with Crippen LogP contribution in [0.25, 0.3) is 0 Å². The van der Waals surface area contributed by atoms with Gasteiger partial charge in [-0.05, 0) is 0 Å². The van der Waals surface area contributed by atoms with Gasteiger partial charge in [0.15, 0.2) is 0 Å². The minimum atomic E-state index is -4.67. The van der Waals surface area contributed by atoms with Gasteiger partial charge in [-0.15, -0.1) is 0 Å². The molecular formula is C14H28Cl3NaO4S. The Kier molecular flexibility index (Phi) is 18.7. The van der Waals surface area contributed by atoms with E-state index in [9.17, 15) is 0 Å². The van der Waals surface area contributed by atoms with Crippen LogP contribution in [0.3, 0.4) is 0 Å². The largest absolute Gasteiger partial charge is 0.394 e. The Morgan fingerprint density at radius 2 is 1.26 bits per heavy atom. The molecule has 0 radical (unpaired) electrons. The summed E-state index contributed by atoms with van der Waals surface area (Å²) in [4.78, 5) is 0. The van der Waals surface area contributed by atoms with Crippen LogP contribution in [-0.4, -0.2) is 49.2 Å². The molecule has 1 atom stereocenters. The summed E-state index contributed by atoms with van der Waals surface area (Å²) in [7, 11) is -4.67. The SMILES string of the molecule is CCCCCCCCCCC[CH]([Na])CC(Cl)(Cl)Cl.O=S(=O)(O)O. The molecule has 0 rings (SSSR count). The normalized spacial score (nSPS) is 13.4. The van der Waals surface area contributed by atoms with E-state index in [0.717, 1.165) is 34.4 Å². The predicted octanol–water partition coefficient (Wildman–Crippen LogP) is 5.97. The van der Waals surface area contributed by atoms with Crippen molar-refractivity contribution in [3.05, 3.63) is 0 Å². The summed E-state index contributed by atoms with van der Waals surface area (Å²) in [6.07, 6.45) is 14.4. The Bertz CT molecular complexity index is 354. The van der Waals surface area contributed by atoms with Gasteiger partial charge in [0.05, 0.1) is 0 Å². The average molecular weight is 422 g/mol. The maximum Gasteiger partial charge on any atom is 0.394 e. The molecule has 2 N–H and O–H groups in total. The van der Waals surface area contributed by atoms with Gasteiger partial charge in [-0.25, -0.2) is 0 Å². The molecule has 0 aliphatic rings. The van der Waals surface area contributed by atoms with Gasteiger partial charge in [0.1, 0.15) is 0 Å². The van der Waals surface area contributed by atoms with Crippen LogP contribution in [0.15, 0.2) is 0 Å². The second-order valence-electron chi connectivity index (χ2n) is 5.99. The molecule has 0 aromatic carbocycles. The molecule has 1 unspecified atom stereocenters. The van der Waals surface area contributed by atoms with Crippen LogP contribution in [0.1, 0.15) is 77.6 Å². The van der Waals surface area contributed by atoms with E-state index in [1.54, 1.807) is 0 Å². The average Bonchev–Trinajstić information content (AvgIpc) is 2.32. The van der Waals surface area contributed by atoms with Crippen molar-refractivity contribution in [2.75, 3.05) is 0 Å². The number of alkyl halides is 3. The van der Waals surface area contributed by atoms with E-state index in [1.807, 2.05) is 0 Å². The van der Waals surface area contributed by atoms with Crippen LogP contribution in [0.2, 0.25) is 3.17 Å². The summed E-state index contributed by atoms with van der Waals surface area (Å²) < 4.78 is 31.2. The Hall–Kier alpha value is 1.74. The molecule has 23 heavy (non-hydrogen) atoms. The predicted molar refractivity (Wildman–Crippen MR) is 100 cm³/mol. The van der Waals surface area contributed by atoms with Crippen molar-refractivity contribution >= 4 is 73.1 Å². The summed E-state index contributed by atoms with van der Waals surface area (Å²) in [5.74, 6) is 0. The Morgan fingerprint density at radius 1 is 0.913 bits per heavy atom. The molecule has 0 heterocycles. The van der Waals surface area contributed by atoms with Crippen molar-refractivity contribution in [1.29, 1.82) is 0 Å². The Balaban J connectivity index is 0. The fraction of sp³-hybridized carbons (Fsp3) is 1.00. The summed E-state index contributed by atoms with van der Waals surface area (Å²) in [5, 5.41) is 0. The molecule has 0 saturated carbocycles. The fourth-order valence-corrected chi connectivity index (χ4v) is 4.89. The minimum Gasteiger partial charge on any atom is -0.264 e. The molecule has 9 heteroatoms. The third-order valence-electron chi connectivity index (χ3n) is 3.38. The first kappa shape index (κ1) is 27.0. The number of halogens is 3. The van der Waals surface area contributed by atoms with Crippen molar-refractivity contribution in [2.24, 2.45) is 0 Å². The smallest absolute Gasteiger partial charge is 0.264 e. The van der Waals surface area contributed by atoms with Crippen LogP contribution in [0.4, 0.5) is 0 Å². The number of unbranched alkanes of at least 4 members (excludes halogenated alkanes) is 8. The maximum atomic E-state index is 8.74. The van der Waals surface area contributed by atoms with Crippen LogP contribution in [0, 0.1) is 0 Å². The summed E-state index contributed by atoms with van der Waals surface area (Å²) >= 11 is 18.5. The number of rotatable bonds is 11.